The Labute approximate surface area is 163 Å². The molecule has 0 radical (unpaired) electrons. The number of nitriles is 1. The topological polar surface area (TPSA) is 101 Å². The van der Waals surface area contributed by atoms with Crippen molar-refractivity contribution in [3.05, 3.63) is 45.9 Å². The molecule has 0 atom stereocenters. The van der Waals surface area contributed by atoms with Crippen molar-refractivity contribution in [2.24, 2.45) is 0 Å². The van der Waals surface area contributed by atoms with Crippen molar-refractivity contribution in [3.63, 3.8) is 0 Å². The van der Waals surface area contributed by atoms with Gasteiger partial charge in [-0.1, -0.05) is 0 Å². The second-order valence-electron chi connectivity index (χ2n) is 5.54. The molecule has 1 amide bonds. The Balaban J connectivity index is 1.83. The van der Waals surface area contributed by atoms with E-state index in [1.807, 2.05) is 6.07 Å². The molecule has 3 rings (SSSR count). The number of aromatic hydroxyl groups is 1. The number of methoxy groups -OCH3 is 1. The van der Waals surface area contributed by atoms with Gasteiger partial charge in [-0.15, -0.1) is 0 Å². The molecule has 2 aromatic carbocycles. The van der Waals surface area contributed by atoms with E-state index in [9.17, 15) is 15.2 Å². The number of hydrogen-bond donors (Lipinski definition) is 2. The van der Waals surface area contributed by atoms with Gasteiger partial charge in [0.1, 0.15) is 24.9 Å². The predicted molar refractivity (Wildman–Crippen MR) is 102 cm³/mol. The first-order valence-corrected chi connectivity index (χ1v) is 8.70. The fraction of sp³-hybridized carbons (Fsp3) is 0.158. The van der Waals surface area contributed by atoms with Gasteiger partial charge >= 0.3 is 0 Å². The summed E-state index contributed by atoms with van der Waals surface area (Å²) in [5.74, 6) is 0.733. The summed E-state index contributed by atoms with van der Waals surface area (Å²) in [6, 6.07) is 9.98. The molecule has 1 aliphatic rings. The minimum absolute atomic E-state index is 0.0612. The van der Waals surface area contributed by atoms with Crippen molar-refractivity contribution in [1.82, 2.24) is 0 Å². The molecule has 0 unspecified atom stereocenters. The van der Waals surface area contributed by atoms with Crippen LogP contribution in [0.4, 0.5) is 5.69 Å². The SMILES string of the molecule is COc1cc(/C=C(/C#N)C(=O)Nc2ccc3c(c2)OCCO3)cc(Br)c1O. The maximum Gasteiger partial charge on any atom is 0.266 e. The van der Waals surface area contributed by atoms with Gasteiger partial charge in [0.05, 0.1) is 11.6 Å². The Morgan fingerprint density at radius 2 is 2.04 bits per heavy atom. The summed E-state index contributed by atoms with van der Waals surface area (Å²) in [5.41, 5.74) is 0.893. The highest BCUT2D eigenvalue weighted by Crippen LogP contribution is 2.36. The third-order valence-corrected chi connectivity index (χ3v) is 4.35. The van der Waals surface area contributed by atoms with Gasteiger partial charge in [0.15, 0.2) is 23.0 Å². The van der Waals surface area contributed by atoms with Gasteiger partial charge < -0.3 is 24.6 Å². The van der Waals surface area contributed by atoms with Crippen LogP contribution in [0.25, 0.3) is 6.08 Å². The predicted octanol–water partition coefficient (Wildman–Crippen LogP) is 3.48. The lowest BCUT2D eigenvalue weighted by Gasteiger charge is -2.18. The molecule has 2 aromatic rings. The van der Waals surface area contributed by atoms with Crippen molar-refractivity contribution in [2.75, 3.05) is 25.6 Å². The molecular formula is C19H15BrN2O5. The monoisotopic (exact) mass is 430 g/mol. The van der Waals surface area contributed by atoms with Crippen LogP contribution in [-0.2, 0) is 4.79 Å². The van der Waals surface area contributed by atoms with E-state index in [2.05, 4.69) is 21.2 Å². The minimum atomic E-state index is -0.572. The maximum atomic E-state index is 12.5. The van der Waals surface area contributed by atoms with Crippen LogP contribution in [-0.4, -0.2) is 31.3 Å². The summed E-state index contributed by atoms with van der Waals surface area (Å²) in [4.78, 5) is 12.5. The van der Waals surface area contributed by atoms with Crippen LogP contribution in [0.1, 0.15) is 5.56 Å². The summed E-state index contributed by atoms with van der Waals surface area (Å²) in [6.07, 6.45) is 1.40. The molecule has 0 aliphatic carbocycles. The van der Waals surface area contributed by atoms with E-state index in [1.165, 1.54) is 19.3 Å². The highest BCUT2D eigenvalue weighted by molar-refractivity contribution is 9.10. The molecule has 1 heterocycles. The van der Waals surface area contributed by atoms with Crippen LogP contribution in [0.15, 0.2) is 40.4 Å². The molecular weight excluding hydrogens is 416 g/mol. The lowest BCUT2D eigenvalue weighted by Crippen LogP contribution is -2.17. The zero-order valence-electron chi connectivity index (χ0n) is 14.3. The number of ether oxygens (including phenoxy) is 3. The number of carbonyl (C=O) groups excluding carboxylic acids is 1. The number of halogens is 1. The lowest BCUT2D eigenvalue weighted by molar-refractivity contribution is -0.112. The molecule has 0 saturated carbocycles. The number of nitrogens with one attached hydrogen (secondary N) is 1. The second-order valence-corrected chi connectivity index (χ2v) is 6.39. The van der Waals surface area contributed by atoms with Crippen molar-refractivity contribution in [3.8, 4) is 29.1 Å². The number of benzene rings is 2. The molecule has 0 spiro atoms. The van der Waals surface area contributed by atoms with Crippen LogP contribution in [0.5, 0.6) is 23.0 Å². The average molecular weight is 431 g/mol. The molecule has 138 valence electrons. The van der Waals surface area contributed by atoms with Gasteiger partial charge in [-0.05, 0) is 51.8 Å². The van der Waals surface area contributed by atoms with Gasteiger partial charge in [-0.25, -0.2) is 0 Å². The third-order valence-electron chi connectivity index (χ3n) is 3.75. The summed E-state index contributed by atoms with van der Waals surface area (Å²) in [7, 11) is 1.41. The van der Waals surface area contributed by atoms with Gasteiger partial charge in [0.2, 0.25) is 0 Å². The molecule has 0 fully saturated rings. The van der Waals surface area contributed by atoms with Gasteiger partial charge in [0, 0.05) is 11.8 Å². The van der Waals surface area contributed by atoms with Gasteiger partial charge in [0.25, 0.3) is 5.91 Å². The second kappa shape index (κ2) is 8.01. The zero-order chi connectivity index (χ0) is 19.4. The van der Waals surface area contributed by atoms with E-state index in [0.29, 0.717) is 40.4 Å². The van der Waals surface area contributed by atoms with Crippen LogP contribution in [0.2, 0.25) is 0 Å². The van der Waals surface area contributed by atoms with E-state index in [-0.39, 0.29) is 17.1 Å². The third kappa shape index (κ3) is 4.15. The molecule has 0 bridgehead atoms. The minimum Gasteiger partial charge on any atom is -0.503 e. The van der Waals surface area contributed by atoms with E-state index >= 15 is 0 Å². The molecule has 0 saturated heterocycles. The van der Waals surface area contributed by atoms with Crippen LogP contribution < -0.4 is 19.5 Å². The van der Waals surface area contributed by atoms with Gasteiger partial charge in [-0.3, -0.25) is 4.79 Å². The number of anilines is 1. The zero-order valence-corrected chi connectivity index (χ0v) is 15.9. The number of phenols is 1. The first kappa shape index (κ1) is 18.6. The van der Waals surface area contributed by atoms with Crippen LogP contribution in [0, 0.1) is 11.3 Å². The first-order chi connectivity index (χ1) is 13.0. The number of rotatable bonds is 4. The fourth-order valence-electron chi connectivity index (χ4n) is 2.47. The first-order valence-electron chi connectivity index (χ1n) is 7.91. The Morgan fingerprint density at radius 1 is 1.30 bits per heavy atom. The normalized spacial score (nSPS) is 12.9. The van der Waals surface area contributed by atoms with Crippen LogP contribution >= 0.6 is 15.9 Å². The smallest absolute Gasteiger partial charge is 0.266 e. The summed E-state index contributed by atoms with van der Waals surface area (Å²) in [5, 5.41) is 21.9. The Kier molecular flexibility index (Phi) is 5.52. The van der Waals surface area contributed by atoms with E-state index < -0.39 is 5.91 Å². The fourth-order valence-corrected chi connectivity index (χ4v) is 2.93. The Bertz CT molecular complexity index is 965. The number of nitrogens with zero attached hydrogens (tertiary/aromatic N) is 1. The maximum absolute atomic E-state index is 12.5. The van der Waals surface area contributed by atoms with E-state index in [4.69, 9.17) is 14.2 Å². The summed E-state index contributed by atoms with van der Waals surface area (Å²) < 4.78 is 16.4. The largest absolute Gasteiger partial charge is 0.503 e. The van der Waals surface area contributed by atoms with Crippen molar-refractivity contribution in [2.45, 2.75) is 0 Å². The molecule has 2 N–H and O–H groups in total. The average Bonchev–Trinajstić information content (AvgIpc) is 2.68. The van der Waals surface area contributed by atoms with Crippen molar-refractivity contribution in [1.29, 1.82) is 5.26 Å². The molecule has 7 nitrogen and oxygen atoms in total. The van der Waals surface area contributed by atoms with E-state index in [0.717, 1.165) is 0 Å². The van der Waals surface area contributed by atoms with Crippen LogP contribution in [0.3, 0.4) is 0 Å². The standard InChI is InChI=1S/C19H15BrN2O5/c1-25-17-8-11(7-14(20)18(17)23)6-12(10-21)19(24)22-13-2-3-15-16(9-13)27-5-4-26-15/h2-3,6-9,23H,4-5H2,1H3,(H,22,24)/b12-6-. The Hall–Kier alpha value is -3.18. The number of carbonyl (C=O) groups is 1. The Morgan fingerprint density at radius 3 is 2.74 bits per heavy atom. The molecule has 8 heteroatoms. The van der Waals surface area contributed by atoms with Crippen molar-refractivity contribution >= 4 is 33.6 Å². The summed E-state index contributed by atoms with van der Waals surface area (Å²) in [6.45, 7) is 0.914. The highest BCUT2D eigenvalue weighted by Gasteiger charge is 2.15. The number of hydrogen-bond acceptors (Lipinski definition) is 6. The van der Waals surface area contributed by atoms with E-state index in [1.54, 1.807) is 24.3 Å². The number of phenolic OH excluding ortho intramolecular Hbond substituents is 1. The highest BCUT2D eigenvalue weighted by atomic mass is 79.9. The quantitative estimate of drug-likeness (QED) is 0.568. The van der Waals surface area contributed by atoms with Crippen molar-refractivity contribution < 1.29 is 24.1 Å². The van der Waals surface area contributed by atoms with Gasteiger partial charge in [-0.2, -0.15) is 5.26 Å². The molecule has 1 aliphatic heterocycles. The molecule has 0 aromatic heterocycles. The number of fused-ring (bicyclic) bond motifs is 1. The number of amides is 1. The summed E-state index contributed by atoms with van der Waals surface area (Å²) >= 11 is 3.21. The lowest BCUT2D eigenvalue weighted by atomic mass is 10.1. The molecule has 27 heavy (non-hydrogen) atoms.